The van der Waals surface area contributed by atoms with Gasteiger partial charge in [0.25, 0.3) is 5.91 Å². The third kappa shape index (κ3) is 2.22. The molecule has 1 atom stereocenters. The van der Waals surface area contributed by atoms with Crippen LogP contribution in [0, 0.1) is 0 Å². The lowest BCUT2D eigenvalue weighted by atomic mass is 10.2. The number of fused-ring (bicyclic) bond motifs is 2. The van der Waals surface area contributed by atoms with E-state index in [1.54, 1.807) is 6.07 Å². The summed E-state index contributed by atoms with van der Waals surface area (Å²) in [6.07, 6.45) is 2.14. The van der Waals surface area contributed by atoms with Crippen LogP contribution in [0.15, 0.2) is 47.7 Å². The first-order chi connectivity index (χ1) is 10.8. The minimum atomic E-state index is -0.688. The van der Waals surface area contributed by atoms with Crippen LogP contribution in [0.3, 0.4) is 0 Å². The van der Waals surface area contributed by atoms with Crippen LogP contribution in [0.1, 0.15) is 12.1 Å². The lowest BCUT2D eigenvalue weighted by Crippen LogP contribution is -2.42. The van der Waals surface area contributed by atoms with Crippen molar-refractivity contribution in [2.75, 3.05) is 6.61 Å². The molecular formula is C16H15N3O3. The molecule has 2 aliphatic rings. The number of aryl methyl sites for hydroxylation is 1. The average molecular weight is 297 g/mol. The quantitative estimate of drug-likeness (QED) is 0.855. The largest absolute Gasteiger partial charge is 0.485 e. The lowest BCUT2D eigenvalue weighted by Gasteiger charge is -2.24. The first-order valence-corrected chi connectivity index (χ1v) is 7.22. The number of ether oxygens (including phenoxy) is 2. The number of hydrazone groups is 1. The number of aromatic nitrogens is 1. The summed E-state index contributed by atoms with van der Waals surface area (Å²) in [7, 11) is 0. The van der Waals surface area contributed by atoms with Gasteiger partial charge in [-0.3, -0.25) is 4.79 Å². The maximum atomic E-state index is 12.2. The number of amides is 1. The number of hydrogen-bond acceptors (Lipinski definition) is 4. The van der Waals surface area contributed by atoms with Crippen LogP contribution >= 0.6 is 0 Å². The highest BCUT2D eigenvalue weighted by atomic mass is 16.6. The maximum absolute atomic E-state index is 12.2. The first kappa shape index (κ1) is 12.9. The molecule has 0 radical (unpaired) electrons. The van der Waals surface area contributed by atoms with Gasteiger partial charge in [-0.05, 0) is 24.3 Å². The van der Waals surface area contributed by atoms with E-state index in [0.29, 0.717) is 11.5 Å². The molecule has 1 unspecified atom stereocenters. The minimum Gasteiger partial charge on any atom is -0.485 e. The molecule has 0 saturated carbocycles. The number of carbonyl (C=O) groups is 1. The van der Waals surface area contributed by atoms with Crippen molar-refractivity contribution in [3.63, 3.8) is 0 Å². The van der Waals surface area contributed by atoms with Crippen LogP contribution in [-0.2, 0) is 11.3 Å². The van der Waals surface area contributed by atoms with E-state index in [1.807, 2.05) is 36.5 Å². The molecule has 1 aromatic carbocycles. The van der Waals surface area contributed by atoms with Gasteiger partial charge in [0.2, 0.25) is 6.10 Å². The lowest BCUT2D eigenvalue weighted by molar-refractivity contribution is -0.130. The normalized spacial score (nSPS) is 20.7. The molecule has 4 rings (SSSR count). The third-order valence-corrected chi connectivity index (χ3v) is 3.82. The number of hydrogen-bond donors (Lipinski definition) is 1. The smallest absolute Gasteiger partial charge is 0.284 e. The number of nitrogens with one attached hydrogen (secondary N) is 1. The molecule has 3 heterocycles. The van der Waals surface area contributed by atoms with E-state index in [0.717, 1.165) is 24.4 Å². The van der Waals surface area contributed by atoms with Crippen molar-refractivity contribution in [1.29, 1.82) is 0 Å². The van der Waals surface area contributed by atoms with Crippen molar-refractivity contribution in [3.8, 4) is 11.5 Å². The van der Waals surface area contributed by atoms with Gasteiger partial charge in [-0.25, -0.2) is 5.43 Å². The zero-order valence-corrected chi connectivity index (χ0v) is 11.9. The van der Waals surface area contributed by atoms with Gasteiger partial charge in [-0.1, -0.05) is 12.1 Å². The summed E-state index contributed by atoms with van der Waals surface area (Å²) in [5.41, 5.74) is 4.52. The van der Waals surface area contributed by atoms with Crippen molar-refractivity contribution in [3.05, 3.63) is 48.3 Å². The van der Waals surface area contributed by atoms with E-state index in [1.165, 1.54) is 0 Å². The van der Waals surface area contributed by atoms with Crippen LogP contribution in [0.25, 0.3) is 0 Å². The van der Waals surface area contributed by atoms with E-state index in [9.17, 15) is 4.79 Å². The summed E-state index contributed by atoms with van der Waals surface area (Å²) in [6.45, 7) is 1.08. The summed E-state index contributed by atoms with van der Waals surface area (Å²) in [4.78, 5) is 12.2. The van der Waals surface area contributed by atoms with Gasteiger partial charge in [0.05, 0.1) is 11.4 Å². The Balaban J connectivity index is 1.44. The molecule has 0 aliphatic carbocycles. The monoisotopic (exact) mass is 297 g/mol. The Labute approximate surface area is 127 Å². The fourth-order valence-corrected chi connectivity index (χ4v) is 2.68. The van der Waals surface area contributed by atoms with Crippen LogP contribution in [0.2, 0.25) is 0 Å². The minimum absolute atomic E-state index is 0.185. The molecule has 2 aliphatic heterocycles. The summed E-state index contributed by atoms with van der Waals surface area (Å²) < 4.78 is 13.3. The molecule has 0 spiro atoms. The van der Waals surface area contributed by atoms with Gasteiger partial charge in [0, 0.05) is 19.2 Å². The Morgan fingerprint density at radius 2 is 2.09 bits per heavy atom. The van der Waals surface area contributed by atoms with Gasteiger partial charge in [-0.15, -0.1) is 0 Å². The van der Waals surface area contributed by atoms with Gasteiger partial charge >= 0.3 is 0 Å². The molecular weight excluding hydrogens is 282 g/mol. The molecule has 22 heavy (non-hydrogen) atoms. The van der Waals surface area contributed by atoms with Crippen molar-refractivity contribution in [1.82, 2.24) is 9.99 Å². The molecule has 0 fully saturated rings. The second-order valence-electron chi connectivity index (χ2n) is 5.24. The summed E-state index contributed by atoms with van der Waals surface area (Å²) in [5.74, 6) is 0.940. The number of para-hydroxylation sites is 2. The number of nitrogens with zero attached hydrogens (tertiary/aromatic N) is 2. The van der Waals surface area contributed by atoms with Crippen molar-refractivity contribution in [2.24, 2.45) is 5.10 Å². The fourth-order valence-electron chi connectivity index (χ4n) is 2.68. The molecule has 112 valence electrons. The van der Waals surface area contributed by atoms with Gasteiger partial charge in [-0.2, -0.15) is 5.10 Å². The Bertz CT molecular complexity index is 751. The highest BCUT2D eigenvalue weighted by Crippen LogP contribution is 2.30. The predicted octanol–water partition coefficient (Wildman–Crippen LogP) is 1.55. The number of rotatable bonds is 2. The molecule has 1 aromatic heterocycles. The second kappa shape index (κ2) is 5.22. The zero-order chi connectivity index (χ0) is 14.9. The summed E-state index contributed by atoms with van der Waals surface area (Å²) >= 11 is 0. The van der Waals surface area contributed by atoms with Crippen molar-refractivity contribution >= 4 is 11.6 Å². The van der Waals surface area contributed by atoms with Gasteiger partial charge < -0.3 is 14.0 Å². The Morgan fingerprint density at radius 3 is 3.00 bits per heavy atom. The summed E-state index contributed by atoms with van der Waals surface area (Å²) in [5, 5.41) is 4.23. The van der Waals surface area contributed by atoms with Crippen molar-refractivity contribution < 1.29 is 14.3 Å². The van der Waals surface area contributed by atoms with E-state index < -0.39 is 6.10 Å². The van der Waals surface area contributed by atoms with Crippen LogP contribution in [0.4, 0.5) is 0 Å². The SMILES string of the molecule is O=C(N/N=C1/CCn2cccc21)C1COc2ccccc2O1. The molecule has 0 bridgehead atoms. The van der Waals surface area contributed by atoms with E-state index >= 15 is 0 Å². The Hall–Kier alpha value is -2.76. The van der Waals surface area contributed by atoms with Crippen LogP contribution < -0.4 is 14.9 Å². The third-order valence-electron chi connectivity index (χ3n) is 3.82. The Kier molecular flexibility index (Phi) is 3.07. The molecule has 1 amide bonds. The van der Waals surface area contributed by atoms with Crippen LogP contribution in [0.5, 0.6) is 11.5 Å². The number of benzene rings is 1. The highest BCUT2D eigenvalue weighted by Gasteiger charge is 2.27. The van der Waals surface area contributed by atoms with Crippen LogP contribution in [-0.4, -0.2) is 28.9 Å². The molecule has 0 saturated heterocycles. The fraction of sp³-hybridized carbons (Fsp3) is 0.250. The molecule has 1 N–H and O–H groups in total. The number of carbonyl (C=O) groups excluding carboxylic acids is 1. The topological polar surface area (TPSA) is 64.9 Å². The molecule has 2 aromatic rings. The Morgan fingerprint density at radius 1 is 1.23 bits per heavy atom. The van der Waals surface area contributed by atoms with Gasteiger partial charge in [0.15, 0.2) is 11.5 Å². The highest BCUT2D eigenvalue weighted by molar-refractivity contribution is 6.01. The van der Waals surface area contributed by atoms with E-state index in [4.69, 9.17) is 9.47 Å². The standard InChI is InChI=1S/C16H15N3O3/c20-16(15-10-21-13-5-1-2-6-14(13)22-15)18-17-11-7-9-19-8-3-4-12(11)19/h1-6,8,15H,7,9-10H2,(H,18,20)/b17-11-. The summed E-state index contributed by atoms with van der Waals surface area (Å²) in [6, 6.07) is 11.3. The van der Waals surface area contributed by atoms with Gasteiger partial charge in [0.1, 0.15) is 6.61 Å². The molecule has 6 nitrogen and oxygen atoms in total. The van der Waals surface area contributed by atoms with E-state index in [2.05, 4.69) is 15.1 Å². The maximum Gasteiger partial charge on any atom is 0.284 e. The molecule has 6 heteroatoms. The van der Waals surface area contributed by atoms with Crippen molar-refractivity contribution in [2.45, 2.75) is 19.1 Å². The zero-order valence-electron chi connectivity index (χ0n) is 11.9. The second-order valence-corrected chi connectivity index (χ2v) is 5.24. The predicted molar refractivity (Wildman–Crippen MR) is 80.1 cm³/mol. The van der Waals surface area contributed by atoms with E-state index in [-0.39, 0.29) is 12.5 Å². The average Bonchev–Trinajstić information content (AvgIpc) is 3.16. The first-order valence-electron chi connectivity index (χ1n) is 7.22.